The van der Waals surface area contributed by atoms with E-state index in [0.717, 1.165) is 12.8 Å². The Bertz CT molecular complexity index is 719. The molecule has 0 unspecified atom stereocenters. The van der Waals surface area contributed by atoms with Gasteiger partial charge in [0.25, 0.3) is 0 Å². The van der Waals surface area contributed by atoms with Crippen molar-refractivity contribution in [2.45, 2.75) is 25.8 Å². The monoisotopic (exact) mass is 300 g/mol. The molecule has 2 heterocycles. The van der Waals surface area contributed by atoms with Crippen LogP contribution in [0.5, 0.6) is 0 Å². The lowest BCUT2D eigenvalue weighted by molar-refractivity contribution is -0.129. The Morgan fingerprint density at radius 2 is 2.27 bits per heavy atom. The molecule has 114 valence electrons. The lowest BCUT2D eigenvalue weighted by atomic mass is 10.00. The number of rotatable bonds is 2. The summed E-state index contributed by atoms with van der Waals surface area (Å²) in [6.45, 7) is 2.25. The quantitative estimate of drug-likeness (QED) is 0.925. The smallest absolute Gasteiger partial charge is 0.220 e. The van der Waals surface area contributed by atoms with Gasteiger partial charge in [-0.1, -0.05) is 12.1 Å². The summed E-state index contributed by atoms with van der Waals surface area (Å²) >= 11 is 0. The summed E-state index contributed by atoms with van der Waals surface area (Å²) in [7, 11) is 0. The van der Waals surface area contributed by atoms with Crippen molar-refractivity contribution in [2.75, 3.05) is 12.3 Å². The minimum atomic E-state index is -0.324. The van der Waals surface area contributed by atoms with E-state index in [0.29, 0.717) is 23.4 Å². The third-order valence-electron chi connectivity index (χ3n) is 3.95. The number of likely N-dealkylation sites (tertiary alicyclic amines) is 1. The van der Waals surface area contributed by atoms with E-state index in [1.54, 1.807) is 30.2 Å². The fourth-order valence-corrected chi connectivity index (χ4v) is 2.97. The fourth-order valence-electron chi connectivity index (χ4n) is 2.97. The van der Waals surface area contributed by atoms with Crippen molar-refractivity contribution < 1.29 is 9.18 Å². The van der Waals surface area contributed by atoms with Crippen LogP contribution >= 0.6 is 0 Å². The molecular weight excluding hydrogens is 283 g/mol. The highest BCUT2D eigenvalue weighted by molar-refractivity contribution is 5.75. The second kappa shape index (κ2) is 5.71. The molecule has 2 N–H and O–H groups in total. The van der Waals surface area contributed by atoms with Gasteiger partial charge in [-0.05, 0) is 30.5 Å². The normalized spacial score (nSPS) is 17.7. The molecule has 0 saturated carbocycles. The predicted octanol–water partition coefficient (Wildman–Crippen LogP) is 2.55. The number of nitrogens with two attached hydrogens (primary N) is 1. The van der Waals surface area contributed by atoms with Gasteiger partial charge in [0.2, 0.25) is 11.9 Å². The number of amides is 1. The van der Waals surface area contributed by atoms with Crippen molar-refractivity contribution in [1.82, 2.24) is 14.9 Å². The van der Waals surface area contributed by atoms with Gasteiger partial charge in [0.05, 0.1) is 11.7 Å². The average Bonchev–Trinajstić information content (AvgIpc) is 2.96. The fraction of sp³-hybridized carbons (Fsp3) is 0.312. The van der Waals surface area contributed by atoms with Gasteiger partial charge in [-0.3, -0.25) is 4.79 Å². The van der Waals surface area contributed by atoms with Crippen LogP contribution in [0, 0.1) is 5.82 Å². The van der Waals surface area contributed by atoms with Gasteiger partial charge in [-0.25, -0.2) is 14.4 Å². The average molecular weight is 300 g/mol. The Morgan fingerprint density at radius 1 is 1.45 bits per heavy atom. The highest BCUT2D eigenvalue weighted by Crippen LogP contribution is 2.36. The molecule has 0 spiro atoms. The van der Waals surface area contributed by atoms with E-state index < -0.39 is 0 Å². The lowest BCUT2D eigenvalue weighted by Crippen LogP contribution is -2.29. The highest BCUT2D eigenvalue weighted by atomic mass is 19.1. The molecule has 0 radical (unpaired) electrons. The number of aromatic nitrogens is 2. The number of carbonyl (C=O) groups excluding carboxylic acids is 1. The molecule has 1 aliphatic rings. The number of benzene rings is 1. The summed E-state index contributed by atoms with van der Waals surface area (Å²) in [5, 5.41) is 0. The van der Waals surface area contributed by atoms with Crippen LogP contribution in [0.25, 0.3) is 11.1 Å². The number of carbonyl (C=O) groups is 1. The summed E-state index contributed by atoms with van der Waals surface area (Å²) in [6, 6.07) is 6.13. The number of halogens is 1. The SMILES string of the molecule is CC(=O)N1CCC[C@@H]1c1nc(N)ncc1-c1cccc(F)c1. The summed E-state index contributed by atoms with van der Waals surface area (Å²) in [5.41, 5.74) is 7.81. The molecule has 0 bridgehead atoms. The Balaban J connectivity index is 2.11. The van der Waals surface area contributed by atoms with Crippen molar-refractivity contribution in [3.63, 3.8) is 0 Å². The van der Waals surface area contributed by atoms with Crippen LogP contribution in [0.3, 0.4) is 0 Å². The predicted molar refractivity (Wildman–Crippen MR) is 81.2 cm³/mol. The maximum absolute atomic E-state index is 13.5. The van der Waals surface area contributed by atoms with Crippen molar-refractivity contribution in [3.8, 4) is 11.1 Å². The Kier molecular flexibility index (Phi) is 3.75. The summed E-state index contributed by atoms with van der Waals surface area (Å²) < 4.78 is 13.5. The molecule has 1 aliphatic heterocycles. The highest BCUT2D eigenvalue weighted by Gasteiger charge is 2.31. The molecule has 1 aromatic heterocycles. The van der Waals surface area contributed by atoms with Crippen molar-refractivity contribution in [2.24, 2.45) is 0 Å². The molecule has 0 aliphatic carbocycles. The second-order valence-corrected chi connectivity index (χ2v) is 5.41. The number of hydrogen-bond donors (Lipinski definition) is 1. The first-order chi connectivity index (χ1) is 10.6. The zero-order valence-electron chi connectivity index (χ0n) is 12.3. The van der Waals surface area contributed by atoms with Gasteiger partial charge in [0.1, 0.15) is 5.82 Å². The summed E-state index contributed by atoms with van der Waals surface area (Å²) in [6.07, 6.45) is 3.33. The van der Waals surface area contributed by atoms with E-state index in [2.05, 4.69) is 9.97 Å². The van der Waals surface area contributed by atoms with Crippen molar-refractivity contribution >= 4 is 11.9 Å². The molecular formula is C16H17FN4O. The van der Waals surface area contributed by atoms with Crippen LogP contribution in [-0.2, 0) is 4.79 Å². The molecule has 1 saturated heterocycles. The maximum atomic E-state index is 13.5. The molecule has 22 heavy (non-hydrogen) atoms. The summed E-state index contributed by atoms with van der Waals surface area (Å²) in [4.78, 5) is 22.0. The first-order valence-corrected chi connectivity index (χ1v) is 7.22. The van der Waals surface area contributed by atoms with E-state index >= 15 is 0 Å². The standard InChI is InChI=1S/C16H17FN4O/c1-10(22)21-7-3-6-14(21)15-13(9-19-16(18)20-15)11-4-2-5-12(17)8-11/h2,4-5,8-9,14H,3,6-7H2,1H3,(H2,18,19,20)/t14-/m1/s1. The number of nitrogen functional groups attached to an aromatic ring is 1. The van der Waals surface area contributed by atoms with Gasteiger partial charge in [-0.15, -0.1) is 0 Å². The van der Waals surface area contributed by atoms with Crippen molar-refractivity contribution in [1.29, 1.82) is 0 Å². The molecule has 3 rings (SSSR count). The van der Waals surface area contributed by atoms with E-state index in [1.165, 1.54) is 12.1 Å². The lowest BCUT2D eigenvalue weighted by Gasteiger charge is -2.24. The van der Waals surface area contributed by atoms with Gasteiger partial charge >= 0.3 is 0 Å². The third-order valence-corrected chi connectivity index (χ3v) is 3.95. The van der Waals surface area contributed by atoms with Crippen LogP contribution in [-0.4, -0.2) is 27.3 Å². The number of nitrogens with zero attached hydrogens (tertiary/aromatic N) is 3. The molecule has 1 atom stereocenters. The Morgan fingerprint density at radius 3 is 3.00 bits per heavy atom. The largest absolute Gasteiger partial charge is 0.368 e. The molecule has 2 aromatic rings. The van der Waals surface area contributed by atoms with Crippen molar-refractivity contribution in [3.05, 3.63) is 42.0 Å². The minimum absolute atomic E-state index is 0.00451. The van der Waals surface area contributed by atoms with Crippen LogP contribution in [0.4, 0.5) is 10.3 Å². The molecule has 1 fully saturated rings. The van der Waals surface area contributed by atoms with Crippen LogP contribution in [0.2, 0.25) is 0 Å². The van der Waals surface area contributed by atoms with Crippen LogP contribution in [0.1, 0.15) is 31.5 Å². The molecule has 5 nitrogen and oxygen atoms in total. The van der Waals surface area contributed by atoms with E-state index in [1.807, 2.05) is 0 Å². The topological polar surface area (TPSA) is 72.1 Å². The Labute approximate surface area is 128 Å². The van der Waals surface area contributed by atoms with Crippen LogP contribution < -0.4 is 5.73 Å². The molecule has 1 aromatic carbocycles. The van der Waals surface area contributed by atoms with Crippen LogP contribution in [0.15, 0.2) is 30.5 Å². The van der Waals surface area contributed by atoms with Gasteiger partial charge < -0.3 is 10.6 Å². The van der Waals surface area contributed by atoms with Gasteiger partial charge in [0, 0.05) is 25.2 Å². The first-order valence-electron chi connectivity index (χ1n) is 7.22. The Hall–Kier alpha value is -2.50. The molecule has 6 heteroatoms. The minimum Gasteiger partial charge on any atom is -0.368 e. The first kappa shape index (κ1) is 14.4. The summed E-state index contributed by atoms with van der Waals surface area (Å²) in [5.74, 6) is -0.162. The van der Waals surface area contributed by atoms with E-state index in [-0.39, 0.29) is 23.7 Å². The maximum Gasteiger partial charge on any atom is 0.220 e. The van der Waals surface area contributed by atoms with Gasteiger partial charge in [-0.2, -0.15) is 0 Å². The zero-order chi connectivity index (χ0) is 15.7. The van der Waals surface area contributed by atoms with E-state index in [4.69, 9.17) is 5.73 Å². The number of hydrogen-bond acceptors (Lipinski definition) is 4. The zero-order valence-corrected chi connectivity index (χ0v) is 12.3. The van der Waals surface area contributed by atoms with E-state index in [9.17, 15) is 9.18 Å². The molecule has 1 amide bonds. The third kappa shape index (κ3) is 2.64. The second-order valence-electron chi connectivity index (χ2n) is 5.41. The van der Waals surface area contributed by atoms with Gasteiger partial charge in [0.15, 0.2) is 0 Å². The number of anilines is 1.